The van der Waals surface area contributed by atoms with E-state index < -0.39 is 17.0 Å². The van der Waals surface area contributed by atoms with E-state index in [1.165, 1.54) is 22.8 Å². The van der Waals surface area contributed by atoms with Gasteiger partial charge in [0.25, 0.3) is 0 Å². The molecule has 2 aromatic carbocycles. The summed E-state index contributed by atoms with van der Waals surface area (Å²) < 4.78 is 28.3. The number of rotatable bonds is 2. The van der Waals surface area contributed by atoms with Crippen molar-refractivity contribution >= 4 is 0 Å². The Balaban J connectivity index is 0.00000267. The molecule has 0 saturated heterocycles. The van der Waals surface area contributed by atoms with Crippen molar-refractivity contribution in [3.8, 4) is 22.5 Å². The van der Waals surface area contributed by atoms with Crippen LogP contribution in [-0.2, 0) is 37.3 Å². The average molecular weight is 660 g/mol. The summed E-state index contributed by atoms with van der Waals surface area (Å²) >= 11 is 0. The van der Waals surface area contributed by atoms with Crippen molar-refractivity contribution in [1.29, 1.82) is 0 Å². The summed E-state index contributed by atoms with van der Waals surface area (Å²) in [5.74, 6) is -1.26. The molecule has 36 heavy (non-hydrogen) atoms. The number of hydrogen-bond donors (Lipinski definition) is 0. The van der Waals surface area contributed by atoms with Gasteiger partial charge in [-0.1, -0.05) is 87.1 Å². The van der Waals surface area contributed by atoms with Gasteiger partial charge in [-0.05, 0) is 23.0 Å². The van der Waals surface area contributed by atoms with E-state index in [2.05, 4.69) is 58.0 Å². The number of aromatic nitrogens is 2. The fraction of sp³-hybridized carbons (Fsp3) is 0.290. The van der Waals surface area contributed by atoms with Crippen molar-refractivity contribution in [3.05, 3.63) is 106 Å². The molecule has 0 fully saturated rings. The third kappa shape index (κ3) is 3.23. The molecule has 0 N–H and O–H groups in total. The largest absolute Gasteiger partial charge is 2.00 e. The Kier molecular flexibility index (Phi) is 5.47. The maximum absolute atomic E-state index is 14.7. The van der Waals surface area contributed by atoms with Gasteiger partial charge in [0.2, 0.25) is 0 Å². The fourth-order valence-electron chi connectivity index (χ4n) is 5.86. The fourth-order valence-corrected chi connectivity index (χ4v) is 5.86. The molecular formula is C31H26F2N2Pt. The summed E-state index contributed by atoms with van der Waals surface area (Å²) in [6.45, 7) is 12.7. The molecule has 5 heteroatoms. The van der Waals surface area contributed by atoms with Gasteiger partial charge >= 0.3 is 21.1 Å². The van der Waals surface area contributed by atoms with E-state index in [1.807, 2.05) is 32.2 Å². The van der Waals surface area contributed by atoms with Crippen LogP contribution in [0, 0.1) is 23.8 Å². The smallest absolute Gasteiger partial charge is 0.295 e. The summed E-state index contributed by atoms with van der Waals surface area (Å²) in [5, 5.41) is 0. The number of nitrogens with zero attached hydrogens (tertiary/aromatic N) is 2. The van der Waals surface area contributed by atoms with Crippen LogP contribution in [-0.4, -0.2) is 9.97 Å². The van der Waals surface area contributed by atoms with Gasteiger partial charge in [0.15, 0.2) is 0 Å². The normalized spacial score (nSPS) is 16.0. The van der Waals surface area contributed by atoms with Gasteiger partial charge in [-0.2, -0.15) is 6.07 Å². The van der Waals surface area contributed by atoms with E-state index in [0.29, 0.717) is 11.3 Å². The second kappa shape index (κ2) is 7.89. The van der Waals surface area contributed by atoms with Gasteiger partial charge in [-0.15, -0.1) is 29.8 Å². The minimum absolute atomic E-state index is 0. The molecule has 6 rings (SSSR count). The molecule has 0 unspecified atom stereocenters. The summed E-state index contributed by atoms with van der Waals surface area (Å²) in [4.78, 5) is 9.79. The number of halogens is 2. The zero-order valence-corrected chi connectivity index (χ0v) is 23.4. The second-order valence-corrected chi connectivity index (χ2v) is 11.3. The molecule has 0 bridgehead atoms. The summed E-state index contributed by atoms with van der Waals surface area (Å²) in [5.41, 5.74) is 8.36. The van der Waals surface area contributed by atoms with E-state index in [4.69, 9.17) is 9.97 Å². The Morgan fingerprint density at radius 1 is 0.833 bits per heavy atom. The van der Waals surface area contributed by atoms with Crippen LogP contribution in [0.3, 0.4) is 0 Å². The van der Waals surface area contributed by atoms with Crippen LogP contribution in [0.15, 0.2) is 48.7 Å². The third-order valence-corrected chi connectivity index (χ3v) is 8.07. The van der Waals surface area contributed by atoms with Crippen molar-refractivity contribution in [2.75, 3.05) is 0 Å². The van der Waals surface area contributed by atoms with Crippen LogP contribution in [0.1, 0.15) is 75.1 Å². The van der Waals surface area contributed by atoms with Crippen molar-refractivity contribution < 1.29 is 29.8 Å². The van der Waals surface area contributed by atoms with Crippen LogP contribution in [0.25, 0.3) is 22.5 Å². The molecule has 2 aliphatic rings. The minimum atomic E-state index is -0.799. The number of hydrogen-bond acceptors (Lipinski definition) is 2. The van der Waals surface area contributed by atoms with Crippen LogP contribution < -0.4 is 0 Å². The number of benzene rings is 2. The first-order valence-electron chi connectivity index (χ1n) is 11.9. The molecule has 0 amide bonds. The van der Waals surface area contributed by atoms with Crippen molar-refractivity contribution in [3.63, 3.8) is 0 Å². The molecule has 0 spiro atoms. The average Bonchev–Trinajstić information content (AvgIpc) is 3.17. The Morgan fingerprint density at radius 3 is 2.14 bits per heavy atom. The molecule has 0 radical (unpaired) electrons. The first-order valence-corrected chi connectivity index (χ1v) is 11.9. The Bertz CT molecular complexity index is 1550. The molecule has 2 aliphatic carbocycles. The zero-order chi connectivity index (χ0) is 24.9. The Hall–Kier alpha value is -2.71. The molecule has 0 saturated carbocycles. The number of pyridine rings is 2. The standard InChI is InChI=1S/C31H26F2N2.Pt/c1-29(2)21-8-7-13-34-27(21)18-15-19-24(16-23(18)29)30(3,4)22-11-12-26(35-28(19)22)31(5,6)20-10-9-17(32)14-25(20)33;/h7-9,11-14,16H,1-6H3;/q-2;+2. The van der Waals surface area contributed by atoms with E-state index in [0.717, 1.165) is 34.1 Å². The molecule has 0 aliphatic heterocycles. The second-order valence-electron chi connectivity index (χ2n) is 11.3. The van der Waals surface area contributed by atoms with E-state index in [-0.39, 0.29) is 31.9 Å². The third-order valence-electron chi connectivity index (χ3n) is 8.07. The van der Waals surface area contributed by atoms with Gasteiger partial charge in [-0.3, -0.25) is 18.7 Å². The predicted octanol–water partition coefficient (Wildman–Crippen LogP) is 7.29. The van der Waals surface area contributed by atoms with E-state index in [1.54, 1.807) is 0 Å². The topological polar surface area (TPSA) is 25.8 Å². The summed E-state index contributed by atoms with van der Waals surface area (Å²) in [6.07, 6.45) is 1.83. The van der Waals surface area contributed by atoms with Gasteiger partial charge in [0, 0.05) is 40.3 Å². The molecule has 4 aromatic rings. The maximum atomic E-state index is 14.7. The first-order chi connectivity index (χ1) is 16.4. The minimum Gasteiger partial charge on any atom is -0.295 e. The molecule has 2 nitrogen and oxygen atoms in total. The summed E-state index contributed by atoms with van der Waals surface area (Å²) in [6, 6.07) is 19.1. The maximum Gasteiger partial charge on any atom is 2.00 e. The van der Waals surface area contributed by atoms with E-state index in [9.17, 15) is 8.78 Å². The van der Waals surface area contributed by atoms with Crippen molar-refractivity contribution in [1.82, 2.24) is 9.97 Å². The SMILES string of the molecule is CC(C)(c1ccc2c(n1)-c1[c-]c3c(cc1C2(C)C)C(C)(C)c1cccnc1-3)c1[c-]cc(F)cc1F.[Pt+2]. The molecule has 2 aromatic heterocycles. The van der Waals surface area contributed by atoms with Gasteiger partial charge < -0.3 is 0 Å². The van der Waals surface area contributed by atoms with E-state index >= 15 is 0 Å². The molecule has 0 atom stereocenters. The predicted molar refractivity (Wildman–Crippen MR) is 133 cm³/mol. The van der Waals surface area contributed by atoms with Crippen LogP contribution in [0.5, 0.6) is 0 Å². The molecular weight excluding hydrogens is 633 g/mol. The molecule has 2 heterocycles. The monoisotopic (exact) mass is 659 g/mol. The number of fused-ring (bicyclic) bond motifs is 6. The quantitative estimate of drug-likeness (QED) is 0.211. The van der Waals surface area contributed by atoms with Crippen molar-refractivity contribution in [2.24, 2.45) is 0 Å². The van der Waals surface area contributed by atoms with Crippen molar-refractivity contribution in [2.45, 2.75) is 57.8 Å². The summed E-state index contributed by atoms with van der Waals surface area (Å²) in [7, 11) is 0. The van der Waals surface area contributed by atoms with Gasteiger partial charge in [0.1, 0.15) is 0 Å². The van der Waals surface area contributed by atoms with Gasteiger partial charge in [0.05, 0.1) is 0 Å². The van der Waals surface area contributed by atoms with Crippen LogP contribution >= 0.6 is 0 Å². The van der Waals surface area contributed by atoms with Crippen LogP contribution in [0.2, 0.25) is 0 Å². The first kappa shape index (κ1) is 25.0. The van der Waals surface area contributed by atoms with Gasteiger partial charge in [-0.25, -0.2) is 0 Å². The Labute approximate surface area is 225 Å². The van der Waals surface area contributed by atoms with Crippen LogP contribution in [0.4, 0.5) is 8.78 Å². The Morgan fingerprint density at radius 2 is 1.47 bits per heavy atom. The zero-order valence-electron chi connectivity index (χ0n) is 21.1. The molecule has 184 valence electrons.